The molecule has 4 rings (SSSR count). The van der Waals surface area contributed by atoms with Crippen molar-refractivity contribution in [3.8, 4) is 0 Å². The molecule has 0 aliphatic carbocycles. The van der Waals surface area contributed by atoms with E-state index in [1.165, 1.54) is 12.1 Å². The van der Waals surface area contributed by atoms with Crippen LogP contribution in [0.15, 0.2) is 47.4 Å². The fraction of sp³-hybridized carbons (Fsp3) is 0.286. The Morgan fingerprint density at radius 2 is 1.75 bits per heavy atom. The van der Waals surface area contributed by atoms with E-state index >= 15 is 0 Å². The van der Waals surface area contributed by atoms with Gasteiger partial charge in [0, 0.05) is 16.6 Å². The van der Waals surface area contributed by atoms with Gasteiger partial charge in [-0.2, -0.15) is 0 Å². The van der Waals surface area contributed by atoms with Crippen molar-refractivity contribution in [2.45, 2.75) is 38.3 Å². The molecule has 0 fully saturated rings. The molecule has 0 radical (unpaired) electrons. The van der Waals surface area contributed by atoms with Crippen molar-refractivity contribution in [2.24, 2.45) is 0 Å². The van der Waals surface area contributed by atoms with Gasteiger partial charge in [-0.3, -0.25) is 4.79 Å². The molecule has 3 aromatic rings. The molecule has 6 nitrogen and oxygen atoms in total. The van der Waals surface area contributed by atoms with Crippen molar-refractivity contribution in [3.63, 3.8) is 0 Å². The number of aliphatic hydroxyl groups excluding tert-OH is 1. The van der Waals surface area contributed by atoms with Crippen LogP contribution in [-0.4, -0.2) is 41.0 Å². The standard InChI is InChI=1S/C21H22N2O4S/c1-13-8-9-19-18(10-13)14(2)15(3)22(19)11-16(24)12-23-21(25)17-6-4-5-7-20(17)28(23,26)27/h4-10,16,24H,11-12H2,1-3H3/t16-/m1/s1. The first-order valence-electron chi connectivity index (χ1n) is 9.12. The van der Waals surface area contributed by atoms with Gasteiger partial charge in [0.05, 0.1) is 24.8 Å². The number of aryl methyl sites for hydroxylation is 2. The zero-order valence-corrected chi connectivity index (χ0v) is 16.8. The molecule has 1 aromatic heterocycles. The molecule has 1 atom stereocenters. The average Bonchev–Trinajstić information content (AvgIpc) is 3.00. The monoisotopic (exact) mass is 398 g/mol. The number of aliphatic hydroxyl groups is 1. The van der Waals surface area contributed by atoms with Gasteiger partial charge in [0.1, 0.15) is 4.90 Å². The van der Waals surface area contributed by atoms with Crippen molar-refractivity contribution in [1.82, 2.24) is 8.87 Å². The second-order valence-corrected chi connectivity index (χ2v) is 9.16. The lowest BCUT2D eigenvalue weighted by atomic mass is 10.1. The van der Waals surface area contributed by atoms with E-state index in [0.717, 1.165) is 32.0 Å². The maximum absolute atomic E-state index is 12.7. The van der Waals surface area contributed by atoms with Gasteiger partial charge in [-0.15, -0.1) is 0 Å². The molecule has 2 heterocycles. The molecule has 0 bridgehead atoms. The SMILES string of the molecule is Cc1ccc2c(c1)c(C)c(C)n2C[C@@H](O)CN1C(=O)c2ccccc2S1(=O)=O. The second-order valence-electron chi connectivity index (χ2n) is 7.33. The Kier molecular flexibility index (Phi) is 4.32. The lowest BCUT2D eigenvalue weighted by Crippen LogP contribution is -2.38. The van der Waals surface area contributed by atoms with E-state index in [0.29, 0.717) is 0 Å². The average molecular weight is 398 g/mol. The minimum absolute atomic E-state index is 0.00103. The number of nitrogens with zero attached hydrogens (tertiary/aromatic N) is 2. The molecule has 28 heavy (non-hydrogen) atoms. The Bertz CT molecular complexity index is 1210. The van der Waals surface area contributed by atoms with Crippen LogP contribution < -0.4 is 0 Å². The third-order valence-electron chi connectivity index (χ3n) is 5.48. The molecule has 1 aliphatic heterocycles. The van der Waals surface area contributed by atoms with Crippen LogP contribution in [0.1, 0.15) is 27.2 Å². The van der Waals surface area contributed by atoms with Crippen LogP contribution >= 0.6 is 0 Å². The number of aromatic nitrogens is 1. The fourth-order valence-electron chi connectivity index (χ4n) is 3.87. The summed E-state index contributed by atoms with van der Waals surface area (Å²) in [4.78, 5) is 12.6. The molecule has 1 aliphatic rings. The number of hydrogen-bond donors (Lipinski definition) is 1. The van der Waals surface area contributed by atoms with Crippen LogP contribution in [0.5, 0.6) is 0 Å². The smallest absolute Gasteiger partial charge is 0.269 e. The van der Waals surface area contributed by atoms with Crippen molar-refractivity contribution in [3.05, 3.63) is 64.8 Å². The number of rotatable bonds is 4. The van der Waals surface area contributed by atoms with Crippen LogP contribution in [0, 0.1) is 20.8 Å². The predicted molar refractivity (Wildman–Crippen MR) is 107 cm³/mol. The molecule has 1 amide bonds. The number of β-amino-alcohol motifs (C(OH)–C–C–N with tert-alkyl or cyclic N) is 1. The van der Waals surface area contributed by atoms with E-state index in [1.807, 2.05) is 37.5 Å². The van der Waals surface area contributed by atoms with Crippen LogP contribution in [-0.2, 0) is 16.6 Å². The zero-order valence-electron chi connectivity index (χ0n) is 16.0. The number of fused-ring (bicyclic) bond motifs is 2. The summed E-state index contributed by atoms with van der Waals surface area (Å²) in [6, 6.07) is 12.3. The summed E-state index contributed by atoms with van der Waals surface area (Å²) in [5.74, 6) is -0.587. The van der Waals surface area contributed by atoms with Gasteiger partial charge in [0.2, 0.25) is 0 Å². The van der Waals surface area contributed by atoms with E-state index in [9.17, 15) is 18.3 Å². The van der Waals surface area contributed by atoms with Crippen LogP contribution in [0.2, 0.25) is 0 Å². The van der Waals surface area contributed by atoms with Crippen molar-refractivity contribution in [1.29, 1.82) is 0 Å². The van der Waals surface area contributed by atoms with Crippen molar-refractivity contribution in [2.75, 3.05) is 6.54 Å². The van der Waals surface area contributed by atoms with E-state index in [2.05, 4.69) is 6.07 Å². The number of benzene rings is 2. The van der Waals surface area contributed by atoms with E-state index < -0.39 is 22.0 Å². The number of hydrogen-bond acceptors (Lipinski definition) is 4. The van der Waals surface area contributed by atoms with Gasteiger partial charge in [-0.05, 0) is 50.6 Å². The highest BCUT2D eigenvalue weighted by Crippen LogP contribution is 2.31. The summed E-state index contributed by atoms with van der Waals surface area (Å²) in [7, 11) is -3.92. The predicted octanol–water partition coefficient (Wildman–Crippen LogP) is 2.77. The number of amides is 1. The fourth-order valence-corrected chi connectivity index (χ4v) is 5.48. The van der Waals surface area contributed by atoms with E-state index in [4.69, 9.17) is 0 Å². The quantitative estimate of drug-likeness (QED) is 0.733. The molecule has 0 spiro atoms. The van der Waals surface area contributed by atoms with E-state index in [1.54, 1.807) is 12.1 Å². The molecule has 0 saturated carbocycles. The van der Waals surface area contributed by atoms with Gasteiger partial charge in [-0.1, -0.05) is 23.8 Å². The Morgan fingerprint density at radius 3 is 2.46 bits per heavy atom. The van der Waals surface area contributed by atoms with Gasteiger partial charge >= 0.3 is 0 Å². The minimum Gasteiger partial charge on any atom is -0.389 e. The van der Waals surface area contributed by atoms with Crippen molar-refractivity contribution >= 4 is 26.8 Å². The normalized spacial score (nSPS) is 16.6. The van der Waals surface area contributed by atoms with Crippen LogP contribution in [0.3, 0.4) is 0 Å². The van der Waals surface area contributed by atoms with Crippen molar-refractivity contribution < 1.29 is 18.3 Å². The largest absolute Gasteiger partial charge is 0.389 e. The summed E-state index contributed by atoms with van der Waals surface area (Å²) < 4.78 is 28.1. The maximum atomic E-state index is 12.7. The first-order chi connectivity index (χ1) is 13.2. The third-order valence-corrected chi connectivity index (χ3v) is 7.28. The molecular weight excluding hydrogens is 376 g/mol. The summed E-state index contributed by atoms with van der Waals surface area (Å²) >= 11 is 0. The van der Waals surface area contributed by atoms with Crippen LogP contribution in [0.25, 0.3) is 10.9 Å². The lowest BCUT2D eigenvalue weighted by Gasteiger charge is -2.21. The minimum atomic E-state index is -3.92. The Hall–Kier alpha value is -2.64. The molecule has 146 valence electrons. The third kappa shape index (κ3) is 2.73. The highest BCUT2D eigenvalue weighted by molar-refractivity contribution is 7.90. The Morgan fingerprint density at radius 1 is 1.04 bits per heavy atom. The highest BCUT2D eigenvalue weighted by atomic mass is 32.2. The molecule has 2 aromatic carbocycles. The summed E-state index contributed by atoms with van der Waals surface area (Å²) in [5, 5.41) is 11.8. The second kappa shape index (κ2) is 6.46. The molecule has 7 heteroatoms. The van der Waals surface area contributed by atoms with Gasteiger partial charge in [0.25, 0.3) is 15.9 Å². The molecule has 0 saturated heterocycles. The summed E-state index contributed by atoms with van der Waals surface area (Å²) in [6.45, 7) is 5.97. The van der Waals surface area contributed by atoms with Gasteiger partial charge in [0.15, 0.2) is 0 Å². The highest BCUT2D eigenvalue weighted by Gasteiger charge is 2.41. The Balaban J connectivity index is 1.63. The summed E-state index contributed by atoms with van der Waals surface area (Å²) in [5.41, 5.74) is 4.43. The lowest BCUT2D eigenvalue weighted by molar-refractivity contribution is 0.0772. The maximum Gasteiger partial charge on any atom is 0.269 e. The number of sulfonamides is 1. The Labute approximate surface area is 164 Å². The van der Waals surface area contributed by atoms with E-state index in [-0.39, 0.29) is 23.5 Å². The number of carbonyl (C=O) groups is 1. The summed E-state index contributed by atoms with van der Waals surface area (Å²) in [6.07, 6.45) is -1.02. The molecule has 1 N–H and O–H groups in total. The number of carbonyl (C=O) groups excluding carboxylic acids is 1. The van der Waals surface area contributed by atoms with Gasteiger partial charge in [-0.25, -0.2) is 12.7 Å². The van der Waals surface area contributed by atoms with Gasteiger partial charge < -0.3 is 9.67 Å². The first kappa shape index (κ1) is 18.7. The molecular formula is C21H22N2O4S. The zero-order chi connectivity index (χ0) is 20.2. The first-order valence-corrected chi connectivity index (χ1v) is 10.6. The van der Waals surface area contributed by atoms with Crippen LogP contribution in [0.4, 0.5) is 0 Å². The molecule has 0 unspecified atom stereocenters. The topological polar surface area (TPSA) is 79.6 Å².